The van der Waals surface area contributed by atoms with Crippen LogP contribution in [0, 0.1) is 5.82 Å². The summed E-state index contributed by atoms with van der Waals surface area (Å²) in [6, 6.07) is 7.16. The topological polar surface area (TPSA) is 21.3 Å². The number of methoxy groups -OCH3 is 1. The summed E-state index contributed by atoms with van der Waals surface area (Å²) in [5.74, 6) is -0.0688. The molecule has 1 aromatic carbocycles. The van der Waals surface area contributed by atoms with E-state index in [4.69, 9.17) is 4.74 Å². The number of benzene rings is 1. The molecule has 0 spiro atoms. The van der Waals surface area contributed by atoms with Gasteiger partial charge in [-0.25, -0.2) is 4.39 Å². The first-order valence-electron chi connectivity index (χ1n) is 6.23. The number of nitrogens with one attached hydrogen (secondary N) is 1. The summed E-state index contributed by atoms with van der Waals surface area (Å²) in [5, 5.41) is 3.27. The van der Waals surface area contributed by atoms with Crippen LogP contribution in [0.1, 0.15) is 24.8 Å². The third-order valence-electron chi connectivity index (χ3n) is 3.63. The van der Waals surface area contributed by atoms with Crippen LogP contribution in [0.3, 0.4) is 0 Å². The molecule has 94 valence electrons. The molecule has 1 fully saturated rings. The van der Waals surface area contributed by atoms with Crippen molar-refractivity contribution in [1.29, 1.82) is 0 Å². The highest BCUT2D eigenvalue weighted by atomic mass is 19.1. The molecule has 0 aromatic heterocycles. The monoisotopic (exact) mass is 237 g/mol. The molecule has 0 saturated carbocycles. The van der Waals surface area contributed by atoms with Crippen LogP contribution in [-0.4, -0.2) is 26.8 Å². The smallest absolute Gasteiger partial charge is 0.127 e. The summed E-state index contributed by atoms with van der Waals surface area (Å²) < 4.78 is 18.9. The van der Waals surface area contributed by atoms with Crippen molar-refractivity contribution < 1.29 is 9.13 Å². The fraction of sp³-hybridized carbons (Fsp3) is 0.571. The minimum absolute atomic E-state index is 0.0130. The van der Waals surface area contributed by atoms with Crippen molar-refractivity contribution >= 4 is 0 Å². The molecule has 0 bridgehead atoms. The molecule has 2 rings (SSSR count). The molecule has 0 atom stereocenters. The van der Waals surface area contributed by atoms with Gasteiger partial charge in [0.05, 0.1) is 0 Å². The molecule has 1 aromatic rings. The minimum atomic E-state index is -0.0688. The van der Waals surface area contributed by atoms with Gasteiger partial charge in [0.2, 0.25) is 0 Å². The van der Waals surface area contributed by atoms with E-state index in [-0.39, 0.29) is 11.2 Å². The average molecular weight is 237 g/mol. The Bertz CT molecular complexity index is 363. The van der Waals surface area contributed by atoms with Gasteiger partial charge in [-0.15, -0.1) is 0 Å². The maximum absolute atomic E-state index is 13.8. The lowest BCUT2D eigenvalue weighted by molar-refractivity contribution is 0.180. The molecule has 1 aliphatic heterocycles. The fourth-order valence-electron chi connectivity index (χ4n) is 2.53. The third-order valence-corrected chi connectivity index (χ3v) is 3.63. The van der Waals surface area contributed by atoms with Crippen molar-refractivity contribution in [2.24, 2.45) is 0 Å². The first-order valence-corrected chi connectivity index (χ1v) is 6.23. The minimum Gasteiger partial charge on any atom is -0.385 e. The molecule has 0 aliphatic carbocycles. The summed E-state index contributed by atoms with van der Waals surface area (Å²) in [5.41, 5.74) is 0.884. The Labute approximate surface area is 102 Å². The first-order chi connectivity index (χ1) is 8.28. The molecule has 0 amide bonds. The lowest BCUT2D eigenvalue weighted by Gasteiger charge is -2.43. The number of hydrogen-bond donors (Lipinski definition) is 1. The second kappa shape index (κ2) is 5.61. The van der Waals surface area contributed by atoms with Crippen molar-refractivity contribution in [2.75, 3.05) is 26.8 Å². The third kappa shape index (κ3) is 2.67. The van der Waals surface area contributed by atoms with Crippen molar-refractivity contribution in [1.82, 2.24) is 5.32 Å². The highest BCUT2D eigenvalue weighted by Gasteiger charge is 2.39. The zero-order valence-corrected chi connectivity index (χ0v) is 10.3. The summed E-state index contributed by atoms with van der Waals surface area (Å²) in [6.45, 7) is 2.57. The molecular formula is C14H20FNO. The molecule has 1 aliphatic rings. The standard InChI is InChI=1S/C14H20FNO/c1-17-9-5-4-8-14(10-16-11-14)12-6-2-3-7-13(12)15/h2-3,6-7,16H,4-5,8-11H2,1H3. The van der Waals surface area contributed by atoms with Gasteiger partial charge in [-0.2, -0.15) is 0 Å². The first kappa shape index (κ1) is 12.5. The Morgan fingerprint density at radius 3 is 2.65 bits per heavy atom. The Balaban J connectivity index is 2.02. The van der Waals surface area contributed by atoms with Crippen LogP contribution < -0.4 is 5.32 Å². The molecule has 0 unspecified atom stereocenters. The molecule has 1 heterocycles. The van der Waals surface area contributed by atoms with Crippen LogP contribution in [0.15, 0.2) is 24.3 Å². The SMILES string of the molecule is COCCCCC1(c2ccccc2F)CNC1. The summed E-state index contributed by atoms with van der Waals surface area (Å²) in [6.07, 6.45) is 3.17. The highest BCUT2D eigenvalue weighted by molar-refractivity contribution is 5.31. The van der Waals surface area contributed by atoms with Crippen LogP contribution in [0.25, 0.3) is 0 Å². The fourth-order valence-corrected chi connectivity index (χ4v) is 2.53. The maximum atomic E-state index is 13.8. The predicted molar refractivity (Wildman–Crippen MR) is 66.7 cm³/mol. The summed E-state index contributed by atoms with van der Waals surface area (Å²) in [7, 11) is 1.72. The Kier molecular flexibility index (Phi) is 4.13. The molecule has 17 heavy (non-hydrogen) atoms. The van der Waals surface area contributed by atoms with Gasteiger partial charge >= 0.3 is 0 Å². The van der Waals surface area contributed by atoms with Gasteiger partial charge in [-0.05, 0) is 24.5 Å². The van der Waals surface area contributed by atoms with Gasteiger partial charge < -0.3 is 10.1 Å². The van der Waals surface area contributed by atoms with Gasteiger partial charge in [0.1, 0.15) is 5.82 Å². The summed E-state index contributed by atoms with van der Waals surface area (Å²) >= 11 is 0. The van der Waals surface area contributed by atoms with Crippen molar-refractivity contribution in [3.05, 3.63) is 35.6 Å². The van der Waals surface area contributed by atoms with Crippen molar-refractivity contribution in [2.45, 2.75) is 24.7 Å². The van der Waals surface area contributed by atoms with E-state index in [0.29, 0.717) is 0 Å². The molecular weight excluding hydrogens is 217 g/mol. The van der Waals surface area contributed by atoms with E-state index in [1.54, 1.807) is 19.2 Å². The second-order valence-corrected chi connectivity index (χ2v) is 4.81. The van der Waals surface area contributed by atoms with Gasteiger partial charge in [0.25, 0.3) is 0 Å². The normalized spacial score (nSPS) is 17.8. The van der Waals surface area contributed by atoms with Gasteiger partial charge in [0, 0.05) is 32.2 Å². The van der Waals surface area contributed by atoms with Crippen molar-refractivity contribution in [3.8, 4) is 0 Å². The van der Waals surface area contributed by atoms with Crippen LogP contribution in [0.5, 0.6) is 0 Å². The molecule has 3 heteroatoms. The maximum Gasteiger partial charge on any atom is 0.127 e. The second-order valence-electron chi connectivity index (χ2n) is 4.81. The predicted octanol–water partition coefficient (Wildman–Crippen LogP) is 2.48. The quantitative estimate of drug-likeness (QED) is 0.767. The number of unbranched alkanes of at least 4 members (excludes halogenated alkanes) is 1. The number of hydrogen-bond acceptors (Lipinski definition) is 2. The van der Waals surface area contributed by atoms with Crippen LogP contribution in [-0.2, 0) is 10.2 Å². The zero-order chi connectivity index (χ0) is 12.1. The van der Waals surface area contributed by atoms with Crippen LogP contribution >= 0.6 is 0 Å². The number of rotatable bonds is 6. The van der Waals surface area contributed by atoms with E-state index in [2.05, 4.69) is 5.32 Å². The van der Waals surface area contributed by atoms with Crippen molar-refractivity contribution in [3.63, 3.8) is 0 Å². The van der Waals surface area contributed by atoms with E-state index in [1.807, 2.05) is 12.1 Å². The van der Waals surface area contributed by atoms with Gasteiger partial charge in [-0.1, -0.05) is 24.6 Å². The molecule has 2 nitrogen and oxygen atoms in total. The van der Waals surface area contributed by atoms with E-state index in [1.165, 1.54) is 0 Å². The molecule has 0 radical (unpaired) electrons. The van der Waals surface area contributed by atoms with Gasteiger partial charge in [-0.3, -0.25) is 0 Å². The Morgan fingerprint density at radius 2 is 2.06 bits per heavy atom. The molecule has 1 saturated heterocycles. The van der Waals surface area contributed by atoms with Crippen LogP contribution in [0.4, 0.5) is 4.39 Å². The molecule has 1 N–H and O–H groups in total. The average Bonchev–Trinajstić information content (AvgIpc) is 2.29. The number of halogens is 1. The summed E-state index contributed by atoms with van der Waals surface area (Å²) in [4.78, 5) is 0. The van der Waals surface area contributed by atoms with E-state index in [0.717, 1.165) is 44.5 Å². The van der Waals surface area contributed by atoms with E-state index in [9.17, 15) is 4.39 Å². The van der Waals surface area contributed by atoms with Gasteiger partial charge in [0.15, 0.2) is 0 Å². The number of ether oxygens (including phenoxy) is 1. The Hall–Kier alpha value is -0.930. The van der Waals surface area contributed by atoms with E-state index >= 15 is 0 Å². The largest absolute Gasteiger partial charge is 0.385 e. The highest BCUT2D eigenvalue weighted by Crippen LogP contribution is 2.35. The lowest BCUT2D eigenvalue weighted by atomic mass is 9.71. The Morgan fingerprint density at radius 1 is 1.29 bits per heavy atom. The van der Waals surface area contributed by atoms with Crippen LogP contribution in [0.2, 0.25) is 0 Å². The zero-order valence-electron chi connectivity index (χ0n) is 10.3. The van der Waals surface area contributed by atoms with E-state index < -0.39 is 0 Å². The lowest BCUT2D eigenvalue weighted by Crippen LogP contribution is -2.57.